The fourth-order valence-corrected chi connectivity index (χ4v) is 2.68. The number of nitrogens with zero attached hydrogens (tertiary/aromatic N) is 3. The van der Waals surface area contributed by atoms with Crippen LogP contribution >= 0.6 is 11.3 Å². The van der Waals surface area contributed by atoms with Crippen molar-refractivity contribution >= 4 is 28.1 Å². The normalized spacial score (nSPS) is 11.7. The van der Waals surface area contributed by atoms with Crippen molar-refractivity contribution in [3.8, 4) is 0 Å². The molecule has 0 spiro atoms. The largest absolute Gasteiger partial charge is 0.476 e. The Morgan fingerprint density at radius 2 is 2.32 bits per heavy atom. The number of fused-ring (bicyclic) bond motifs is 1. The third-order valence-electron chi connectivity index (χ3n) is 2.82. The molecule has 0 fully saturated rings. The number of carboxylic acids is 1. The van der Waals surface area contributed by atoms with Crippen LogP contribution in [-0.2, 0) is 0 Å². The third kappa shape index (κ3) is 2.35. The van der Waals surface area contributed by atoms with E-state index in [0.29, 0.717) is 17.3 Å². The minimum absolute atomic E-state index is 0.202. The maximum atomic E-state index is 11.5. The molecule has 0 aliphatic rings. The van der Waals surface area contributed by atoms with Gasteiger partial charge in [0.2, 0.25) is 0 Å². The monoisotopic (exact) mass is 279 g/mol. The van der Waals surface area contributed by atoms with E-state index in [1.165, 1.54) is 11.3 Å². The Kier molecular flexibility index (Phi) is 3.36. The van der Waals surface area contributed by atoms with Crippen LogP contribution in [0.25, 0.3) is 4.96 Å². The fourth-order valence-electron chi connectivity index (χ4n) is 1.97. The summed E-state index contributed by atoms with van der Waals surface area (Å²) in [5, 5.41) is 11.3. The SMILES string of the molecule is C=CCN(c1nc2sccn2c1C(=O)O)C(C)(C)C. The van der Waals surface area contributed by atoms with Crippen molar-refractivity contribution in [1.82, 2.24) is 9.38 Å². The van der Waals surface area contributed by atoms with Gasteiger partial charge in [-0.1, -0.05) is 6.08 Å². The number of rotatable bonds is 4. The van der Waals surface area contributed by atoms with Crippen molar-refractivity contribution in [2.45, 2.75) is 26.3 Å². The molecule has 0 aromatic carbocycles. The number of aromatic nitrogens is 2. The maximum absolute atomic E-state index is 11.5. The van der Waals surface area contributed by atoms with Gasteiger partial charge in [0.15, 0.2) is 16.5 Å². The van der Waals surface area contributed by atoms with Gasteiger partial charge in [0.1, 0.15) is 0 Å². The first kappa shape index (κ1) is 13.6. The highest BCUT2D eigenvalue weighted by atomic mass is 32.1. The van der Waals surface area contributed by atoms with Crippen LogP contribution in [0.5, 0.6) is 0 Å². The van der Waals surface area contributed by atoms with Gasteiger partial charge in [0.05, 0.1) is 0 Å². The first-order valence-electron chi connectivity index (χ1n) is 5.93. The van der Waals surface area contributed by atoms with Gasteiger partial charge in [-0.25, -0.2) is 9.78 Å². The first-order valence-corrected chi connectivity index (χ1v) is 6.81. The summed E-state index contributed by atoms with van der Waals surface area (Å²) < 4.78 is 1.62. The summed E-state index contributed by atoms with van der Waals surface area (Å²) >= 11 is 1.42. The molecule has 1 N–H and O–H groups in total. The summed E-state index contributed by atoms with van der Waals surface area (Å²) in [6.45, 7) is 10.4. The van der Waals surface area contributed by atoms with Gasteiger partial charge in [-0.2, -0.15) is 0 Å². The number of aromatic carboxylic acids is 1. The topological polar surface area (TPSA) is 57.8 Å². The summed E-state index contributed by atoms with van der Waals surface area (Å²) in [5.74, 6) is -0.481. The molecule has 0 saturated heterocycles. The Balaban J connectivity index is 2.65. The molecule has 0 radical (unpaired) electrons. The number of carboxylic acid groups (broad SMARTS) is 1. The molecule has 19 heavy (non-hydrogen) atoms. The van der Waals surface area contributed by atoms with Crippen molar-refractivity contribution < 1.29 is 9.90 Å². The second kappa shape index (κ2) is 4.70. The second-order valence-corrected chi connectivity index (χ2v) is 6.09. The van der Waals surface area contributed by atoms with Crippen LogP contribution in [0.2, 0.25) is 0 Å². The molecule has 0 aliphatic carbocycles. The molecule has 5 nitrogen and oxygen atoms in total. The number of anilines is 1. The Morgan fingerprint density at radius 3 is 2.84 bits per heavy atom. The van der Waals surface area contributed by atoms with Crippen molar-refractivity contribution in [1.29, 1.82) is 0 Å². The third-order valence-corrected chi connectivity index (χ3v) is 3.58. The number of carbonyl (C=O) groups is 1. The van der Waals surface area contributed by atoms with Crippen LogP contribution in [0.15, 0.2) is 24.2 Å². The zero-order valence-corrected chi connectivity index (χ0v) is 12.1. The Bertz CT molecular complexity index is 621. The zero-order chi connectivity index (χ0) is 14.2. The highest BCUT2D eigenvalue weighted by Gasteiger charge is 2.29. The van der Waals surface area contributed by atoms with E-state index in [0.717, 1.165) is 0 Å². The van der Waals surface area contributed by atoms with E-state index < -0.39 is 5.97 Å². The lowest BCUT2D eigenvalue weighted by Crippen LogP contribution is -2.42. The van der Waals surface area contributed by atoms with E-state index in [1.54, 1.807) is 16.7 Å². The predicted molar refractivity (Wildman–Crippen MR) is 77.3 cm³/mol. The quantitative estimate of drug-likeness (QED) is 0.874. The maximum Gasteiger partial charge on any atom is 0.356 e. The molecule has 0 saturated carbocycles. The summed E-state index contributed by atoms with van der Waals surface area (Å²) in [7, 11) is 0. The molecule has 2 aromatic heterocycles. The average molecular weight is 279 g/mol. The van der Waals surface area contributed by atoms with E-state index in [4.69, 9.17) is 0 Å². The minimum Gasteiger partial charge on any atom is -0.476 e. The summed E-state index contributed by atoms with van der Waals surface area (Å²) in [6, 6.07) is 0. The van der Waals surface area contributed by atoms with E-state index in [2.05, 4.69) is 11.6 Å². The molecule has 2 rings (SSSR count). The number of imidazole rings is 1. The Morgan fingerprint density at radius 1 is 1.63 bits per heavy atom. The summed E-state index contributed by atoms with van der Waals surface area (Å²) in [4.78, 5) is 18.6. The van der Waals surface area contributed by atoms with E-state index >= 15 is 0 Å². The first-order chi connectivity index (χ1) is 8.86. The molecule has 0 atom stereocenters. The van der Waals surface area contributed by atoms with Crippen LogP contribution in [0.1, 0.15) is 31.3 Å². The summed E-state index contributed by atoms with van der Waals surface area (Å²) in [6.07, 6.45) is 3.49. The molecule has 6 heteroatoms. The smallest absolute Gasteiger partial charge is 0.356 e. The summed E-state index contributed by atoms with van der Waals surface area (Å²) in [5.41, 5.74) is -0.0318. The van der Waals surface area contributed by atoms with Crippen LogP contribution in [-0.4, -0.2) is 32.5 Å². The second-order valence-electron chi connectivity index (χ2n) is 5.21. The molecule has 0 unspecified atom stereocenters. The van der Waals surface area contributed by atoms with Crippen LogP contribution in [0, 0.1) is 0 Å². The Hall–Kier alpha value is -1.82. The molecular formula is C13H17N3O2S. The van der Waals surface area contributed by atoms with Crippen molar-refractivity contribution in [2.24, 2.45) is 0 Å². The van der Waals surface area contributed by atoms with Gasteiger partial charge in [0, 0.05) is 23.7 Å². The number of thiazole rings is 1. The van der Waals surface area contributed by atoms with Gasteiger partial charge in [-0.3, -0.25) is 4.40 Å². The molecule has 0 bridgehead atoms. The molecular weight excluding hydrogens is 262 g/mol. The van der Waals surface area contributed by atoms with Gasteiger partial charge in [-0.15, -0.1) is 17.9 Å². The standard InChI is InChI=1S/C13H17N3O2S/c1-5-6-16(13(2,3)4)10-9(11(17)18)15-7-8-19-12(15)14-10/h5,7-8H,1,6H2,2-4H3,(H,17,18). The molecule has 102 valence electrons. The van der Waals surface area contributed by atoms with Crippen molar-refractivity contribution in [3.63, 3.8) is 0 Å². The zero-order valence-electron chi connectivity index (χ0n) is 11.3. The number of hydrogen-bond acceptors (Lipinski definition) is 4. The molecule has 2 heterocycles. The van der Waals surface area contributed by atoms with Crippen molar-refractivity contribution in [3.05, 3.63) is 29.9 Å². The lowest BCUT2D eigenvalue weighted by Gasteiger charge is -2.35. The minimum atomic E-state index is -0.973. The van der Waals surface area contributed by atoms with Crippen molar-refractivity contribution in [2.75, 3.05) is 11.4 Å². The molecule has 2 aromatic rings. The van der Waals surface area contributed by atoms with Gasteiger partial charge in [0.25, 0.3) is 0 Å². The molecule has 0 amide bonds. The van der Waals surface area contributed by atoms with E-state index in [9.17, 15) is 9.90 Å². The highest BCUT2D eigenvalue weighted by molar-refractivity contribution is 7.15. The van der Waals surface area contributed by atoms with Gasteiger partial charge >= 0.3 is 5.97 Å². The van der Waals surface area contributed by atoms with Crippen LogP contribution < -0.4 is 4.90 Å². The van der Waals surface area contributed by atoms with Gasteiger partial charge in [-0.05, 0) is 20.8 Å². The lowest BCUT2D eigenvalue weighted by molar-refractivity contribution is 0.0690. The number of hydrogen-bond donors (Lipinski definition) is 1. The van der Waals surface area contributed by atoms with Crippen LogP contribution in [0.3, 0.4) is 0 Å². The van der Waals surface area contributed by atoms with E-state index in [1.807, 2.05) is 31.1 Å². The fraction of sp³-hybridized carbons (Fsp3) is 0.385. The Labute approximate surface area is 115 Å². The van der Waals surface area contributed by atoms with Crippen LogP contribution in [0.4, 0.5) is 5.82 Å². The average Bonchev–Trinajstić information content (AvgIpc) is 2.82. The molecule has 0 aliphatic heterocycles. The highest BCUT2D eigenvalue weighted by Crippen LogP contribution is 2.29. The van der Waals surface area contributed by atoms with E-state index in [-0.39, 0.29) is 11.2 Å². The lowest BCUT2D eigenvalue weighted by atomic mass is 10.1. The van der Waals surface area contributed by atoms with Gasteiger partial charge < -0.3 is 10.0 Å². The predicted octanol–water partition coefficient (Wildman–Crippen LogP) is 2.88.